The van der Waals surface area contributed by atoms with Gasteiger partial charge in [0, 0.05) is 19.8 Å². The van der Waals surface area contributed by atoms with Crippen molar-refractivity contribution in [3.8, 4) is 0 Å². The van der Waals surface area contributed by atoms with Crippen LogP contribution in [0.4, 0.5) is 5.69 Å². The Bertz CT molecular complexity index is 893. The third kappa shape index (κ3) is 4.75. The van der Waals surface area contributed by atoms with Crippen LogP contribution in [0.15, 0.2) is 59.5 Å². The van der Waals surface area contributed by atoms with Gasteiger partial charge in [-0.15, -0.1) is 0 Å². The number of anilines is 1. The summed E-state index contributed by atoms with van der Waals surface area (Å²) < 4.78 is 0.317. The molecular formula is C20H19N3O2S2. The fourth-order valence-corrected chi connectivity index (χ4v) is 3.71. The summed E-state index contributed by atoms with van der Waals surface area (Å²) in [5, 5.41) is 1.14. The molecule has 1 N–H and O–H groups in total. The van der Waals surface area contributed by atoms with E-state index in [1.807, 2.05) is 73.6 Å². The van der Waals surface area contributed by atoms with Gasteiger partial charge in [-0.25, -0.2) is 0 Å². The Balaban J connectivity index is 1.68. The summed E-state index contributed by atoms with van der Waals surface area (Å²) >= 11 is 6.43. The van der Waals surface area contributed by atoms with Crippen molar-refractivity contribution in [1.29, 1.82) is 0 Å². The lowest BCUT2D eigenvalue weighted by molar-refractivity contribution is -0.132. The second kappa shape index (κ2) is 8.37. The van der Waals surface area contributed by atoms with E-state index in [-0.39, 0.29) is 18.2 Å². The Hall–Kier alpha value is -2.64. The van der Waals surface area contributed by atoms with Crippen LogP contribution in [0, 0.1) is 0 Å². The van der Waals surface area contributed by atoms with E-state index in [0.717, 1.165) is 21.8 Å². The minimum atomic E-state index is -0.317. The fourth-order valence-electron chi connectivity index (χ4n) is 2.53. The molecule has 0 atom stereocenters. The average Bonchev–Trinajstić information content (AvgIpc) is 2.90. The standard InChI is InChI=1S/C20H19N3O2S2/c1-22(2)16-10-8-15(9-11-16)12-17-19(25)23(20(26)27-17)21-18(24)13-14-6-4-3-5-7-14/h3-12H,13H2,1-2H3,(H,21,24)/b17-12+. The number of benzene rings is 2. The molecule has 2 amide bonds. The zero-order valence-electron chi connectivity index (χ0n) is 15.0. The third-order valence-corrected chi connectivity index (χ3v) is 5.25. The Morgan fingerprint density at radius 2 is 1.81 bits per heavy atom. The number of hydrazine groups is 1. The molecule has 2 aromatic carbocycles. The molecule has 1 heterocycles. The minimum Gasteiger partial charge on any atom is -0.378 e. The first-order valence-corrected chi connectivity index (χ1v) is 9.55. The number of amides is 2. The van der Waals surface area contributed by atoms with Gasteiger partial charge in [-0.3, -0.25) is 15.0 Å². The normalized spacial score (nSPS) is 15.3. The molecule has 5 nitrogen and oxygen atoms in total. The van der Waals surface area contributed by atoms with E-state index in [0.29, 0.717) is 9.23 Å². The van der Waals surface area contributed by atoms with E-state index in [2.05, 4.69) is 5.43 Å². The van der Waals surface area contributed by atoms with Crippen molar-refractivity contribution < 1.29 is 9.59 Å². The number of thiocarbonyl (C=S) groups is 1. The molecule has 3 rings (SSSR count). The first-order chi connectivity index (χ1) is 12.9. The van der Waals surface area contributed by atoms with Gasteiger partial charge < -0.3 is 4.90 Å². The number of nitrogens with zero attached hydrogens (tertiary/aromatic N) is 2. The maximum atomic E-state index is 12.6. The van der Waals surface area contributed by atoms with E-state index in [1.54, 1.807) is 6.08 Å². The molecule has 1 aliphatic heterocycles. The molecule has 7 heteroatoms. The van der Waals surface area contributed by atoms with Crippen molar-refractivity contribution in [2.75, 3.05) is 19.0 Å². The number of carbonyl (C=O) groups excluding carboxylic acids is 2. The number of thioether (sulfide) groups is 1. The van der Waals surface area contributed by atoms with Gasteiger partial charge in [0.2, 0.25) is 5.91 Å². The van der Waals surface area contributed by atoms with E-state index >= 15 is 0 Å². The van der Waals surface area contributed by atoms with Crippen LogP contribution in [0.5, 0.6) is 0 Å². The quantitative estimate of drug-likeness (QED) is 0.620. The molecule has 0 aliphatic carbocycles. The number of hydrogen-bond acceptors (Lipinski definition) is 5. The number of nitrogens with one attached hydrogen (secondary N) is 1. The van der Waals surface area contributed by atoms with Crippen LogP contribution in [-0.2, 0) is 16.0 Å². The van der Waals surface area contributed by atoms with Crippen LogP contribution < -0.4 is 10.3 Å². The molecule has 1 aliphatic rings. The average molecular weight is 398 g/mol. The maximum absolute atomic E-state index is 12.6. The summed E-state index contributed by atoms with van der Waals surface area (Å²) in [5.74, 6) is -0.600. The van der Waals surface area contributed by atoms with Crippen LogP contribution >= 0.6 is 24.0 Å². The van der Waals surface area contributed by atoms with Gasteiger partial charge in [0.25, 0.3) is 5.91 Å². The smallest absolute Gasteiger partial charge is 0.285 e. The number of hydrogen-bond donors (Lipinski definition) is 1. The Kier molecular flexibility index (Phi) is 5.93. The predicted molar refractivity (Wildman–Crippen MR) is 114 cm³/mol. The Morgan fingerprint density at radius 1 is 1.15 bits per heavy atom. The molecule has 1 saturated heterocycles. The second-order valence-corrected chi connectivity index (χ2v) is 7.88. The zero-order valence-corrected chi connectivity index (χ0v) is 16.6. The van der Waals surface area contributed by atoms with Gasteiger partial charge in [0.1, 0.15) is 0 Å². The molecule has 138 valence electrons. The van der Waals surface area contributed by atoms with Crippen LogP contribution in [0.1, 0.15) is 11.1 Å². The zero-order chi connectivity index (χ0) is 19.4. The lowest BCUT2D eigenvalue weighted by atomic mass is 10.1. The lowest BCUT2D eigenvalue weighted by Gasteiger charge is -2.15. The SMILES string of the molecule is CN(C)c1ccc(/C=C2/SC(=S)N(NC(=O)Cc3ccccc3)C2=O)cc1. The largest absolute Gasteiger partial charge is 0.378 e. The Labute approximate surface area is 168 Å². The van der Waals surface area contributed by atoms with Crippen molar-refractivity contribution in [3.05, 3.63) is 70.6 Å². The second-order valence-electron chi connectivity index (χ2n) is 6.20. The van der Waals surface area contributed by atoms with Crippen molar-refractivity contribution in [2.45, 2.75) is 6.42 Å². The molecule has 0 saturated carbocycles. The van der Waals surface area contributed by atoms with Crippen LogP contribution in [0.3, 0.4) is 0 Å². The highest BCUT2D eigenvalue weighted by molar-refractivity contribution is 8.26. The maximum Gasteiger partial charge on any atom is 0.285 e. The van der Waals surface area contributed by atoms with Crippen molar-refractivity contribution in [3.63, 3.8) is 0 Å². The third-order valence-electron chi connectivity index (χ3n) is 3.94. The van der Waals surface area contributed by atoms with E-state index in [1.165, 1.54) is 11.8 Å². The highest BCUT2D eigenvalue weighted by Crippen LogP contribution is 2.31. The summed E-state index contributed by atoms with van der Waals surface area (Å²) in [7, 11) is 3.94. The minimum absolute atomic E-state index is 0.183. The van der Waals surface area contributed by atoms with E-state index in [9.17, 15) is 9.59 Å². The predicted octanol–water partition coefficient (Wildman–Crippen LogP) is 3.23. The van der Waals surface area contributed by atoms with Gasteiger partial charge in [0.05, 0.1) is 11.3 Å². The van der Waals surface area contributed by atoms with Crippen LogP contribution in [-0.4, -0.2) is 35.2 Å². The summed E-state index contributed by atoms with van der Waals surface area (Å²) in [6.45, 7) is 0. The first kappa shape index (κ1) is 19.1. The Morgan fingerprint density at radius 3 is 2.44 bits per heavy atom. The van der Waals surface area contributed by atoms with E-state index < -0.39 is 0 Å². The molecule has 27 heavy (non-hydrogen) atoms. The molecule has 2 aromatic rings. The summed E-state index contributed by atoms with van der Waals surface area (Å²) in [4.78, 5) is 27.3. The molecule has 0 radical (unpaired) electrons. The molecule has 0 aromatic heterocycles. The topological polar surface area (TPSA) is 52.6 Å². The van der Waals surface area contributed by atoms with Gasteiger partial charge >= 0.3 is 0 Å². The highest BCUT2D eigenvalue weighted by atomic mass is 32.2. The van der Waals surface area contributed by atoms with Crippen molar-refractivity contribution >= 4 is 51.9 Å². The molecule has 0 unspecified atom stereocenters. The monoisotopic (exact) mass is 397 g/mol. The molecule has 0 spiro atoms. The van der Waals surface area contributed by atoms with Gasteiger partial charge in [0.15, 0.2) is 4.32 Å². The lowest BCUT2D eigenvalue weighted by Crippen LogP contribution is -2.45. The van der Waals surface area contributed by atoms with Crippen LogP contribution in [0.25, 0.3) is 6.08 Å². The van der Waals surface area contributed by atoms with Gasteiger partial charge in [-0.1, -0.05) is 54.2 Å². The number of rotatable bonds is 5. The van der Waals surface area contributed by atoms with Gasteiger partial charge in [-0.05, 0) is 41.6 Å². The summed E-state index contributed by atoms with van der Waals surface area (Å²) in [6.07, 6.45) is 1.96. The fraction of sp³-hybridized carbons (Fsp3) is 0.150. The van der Waals surface area contributed by atoms with Crippen molar-refractivity contribution in [2.24, 2.45) is 0 Å². The molecule has 1 fully saturated rings. The number of carbonyl (C=O) groups is 2. The van der Waals surface area contributed by atoms with E-state index in [4.69, 9.17) is 12.2 Å². The van der Waals surface area contributed by atoms with Crippen molar-refractivity contribution in [1.82, 2.24) is 10.4 Å². The van der Waals surface area contributed by atoms with Crippen LogP contribution in [0.2, 0.25) is 0 Å². The van der Waals surface area contributed by atoms with Gasteiger partial charge in [-0.2, -0.15) is 5.01 Å². The highest BCUT2D eigenvalue weighted by Gasteiger charge is 2.33. The summed E-state index contributed by atoms with van der Waals surface area (Å²) in [5.41, 5.74) is 5.45. The summed E-state index contributed by atoms with van der Waals surface area (Å²) in [6, 6.07) is 17.2. The molecule has 0 bridgehead atoms. The molecular weight excluding hydrogens is 378 g/mol. The first-order valence-electron chi connectivity index (χ1n) is 8.33.